The van der Waals surface area contributed by atoms with E-state index < -0.39 is 0 Å². The van der Waals surface area contributed by atoms with Crippen molar-refractivity contribution in [2.24, 2.45) is 5.16 Å². The summed E-state index contributed by atoms with van der Waals surface area (Å²) in [4.78, 5) is 10.0. The molecule has 1 aromatic rings. The molecule has 2 rings (SSSR count). The van der Waals surface area contributed by atoms with Crippen LogP contribution in [0.15, 0.2) is 96.3 Å². The highest BCUT2D eigenvalue weighted by Gasteiger charge is 1.99. The first-order valence-corrected chi connectivity index (χ1v) is 6.93. The normalized spacial score (nSPS) is 24.9. The second-order valence-electron chi connectivity index (χ2n) is 4.23. The molecule has 0 atom stereocenters. The van der Waals surface area contributed by atoms with Crippen LogP contribution >= 0.6 is 0 Å². The van der Waals surface area contributed by atoms with Gasteiger partial charge in [0.25, 0.3) is 0 Å². The molecule has 0 radical (unpaired) electrons. The van der Waals surface area contributed by atoms with Crippen molar-refractivity contribution in [3.63, 3.8) is 0 Å². The first-order valence-electron chi connectivity index (χ1n) is 6.93. The number of oxime groups is 1. The van der Waals surface area contributed by atoms with E-state index in [0.29, 0.717) is 5.75 Å². The predicted octanol–water partition coefficient (Wildman–Crippen LogP) is 4.79. The fraction of sp³-hybridized carbons (Fsp3) is 0. The van der Waals surface area contributed by atoms with Crippen LogP contribution in [0, 0.1) is 0 Å². The minimum atomic E-state index is 0.604. The number of allylic oxidation sites excluding steroid dienone is 11. The van der Waals surface area contributed by atoms with E-state index in [-0.39, 0.29) is 0 Å². The van der Waals surface area contributed by atoms with Gasteiger partial charge < -0.3 is 0 Å². The average Bonchev–Trinajstić information content (AvgIpc) is 2.55. The van der Waals surface area contributed by atoms with Gasteiger partial charge in [0.2, 0.25) is 0 Å². The fourth-order valence-electron chi connectivity index (χ4n) is 1.60. The highest BCUT2D eigenvalue weighted by Crippen LogP contribution is 2.19. The third kappa shape index (κ3) is 5.92. The van der Waals surface area contributed by atoms with Gasteiger partial charge in [0.05, 0.1) is 6.21 Å². The number of fused-ring (bicyclic) bond motifs is 1. The lowest BCUT2D eigenvalue weighted by Crippen LogP contribution is -1.92. The van der Waals surface area contributed by atoms with E-state index in [2.05, 4.69) is 5.16 Å². The Labute approximate surface area is 130 Å². The molecule has 110 valence electrons. The predicted molar refractivity (Wildman–Crippen MR) is 91.4 cm³/mol. The van der Waals surface area contributed by atoms with Gasteiger partial charge >= 0.3 is 0 Å². The molecule has 1 aromatic carbocycles. The largest absolute Gasteiger partial charge is 0.267 e. The Morgan fingerprint density at radius 2 is 1.23 bits per heavy atom. The lowest BCUT2D eigenvalue weighted by molar-refractivity contribution is -0.206. The number of benzene rings is 1. The topological polar surface area (TPSA) is 30.8 Å². The van der Waals surface area contributed by atoms with Crippen molar-refractivity contribution in [3.05, 3.63) is 96.7 Å². The number of para-hydroxylation sites is 1. The van der Waals surface area contributed by atoms with E-state index in [1.54, 1.807) is 6.08 Å². The van der Waals surface area contributed by atoms with Gasteiger partial charge in [-0.3, -0.25) is 4.89 Å². The average molecular weight is 291 g/mol. The number of hydrogen-bond donors (Lipinski definition) is 0. The number of nitrogens with zero attached hydrogens (tertiary/aromatic N) is 1. The Balaban J connectivity index is 2.16. The van der Waals surface area contributed by atoms with Gasteiger partial charge in [-0.2, -0.15) is 4.99 Å². The molecule has 0 saturated heterocycles. The number of hydrogen-bond acceptors (Lipinski definition) is 3. The summed E-state index contributed by atoms with van der Waals surface area (Å²) in [7, 11) is 0. The lowest BCUT2D eigenvalue weighted by atomic mass is 10.2. The molecule has 0 unspecified atom stereocenters. The van der Waals surface area contributed by atoms with Crippen LogP contribution in [0.1, 0.15) is 5.56 Å². The summed E-state index contributed by atoms with van der Waals surface area (Å²) in [5.41, 5.74) is 0.908. The van der Waals surface area contributed by atoms with Crippen molar-refractivity contribution in [3.8, 4) is 5.75 Å². The minimum Gasteiger partial charge on any atom is -0.267 e. The molecular weight excluding hydrogens is 274 g/mol. The molecular formula is C19H17NO2. The molecule has 3 heteroatoms. The van der Waals surface area contributed by atoms with E-state index in [0.717, 1.165) is 5.56 Å². The molecule has 1 heterocycles. The quantitative estimate of drug-likeness (QED) is 0.643. The third-order valence-electron chi connectivity index (χ3n) is 2.62. The van der Waals surface area contributed by atoms with Crippen LogP contribution in [0.3, 0.4) is 0 Å². The molecule has 0 spiro atoms. The van der Waals surface area contributed by atoms with Crippen LogP contribution in [-0.2, 0) is 4.99 Å². The monoisotopic (exact) mass is 291 g/mol. The molecule has 3 nitrogen and oxygen atoms in total. The minimum absolute atomic E-state index is 0.604. The summed E-state index contributed by atoms with van der Waals surface area (Å²) in [6.45, 7) is 0. The van der Waals surface area contributed by atoms with Crippen molar-refractivity contribution < 1.29 is 9.88 Å². The summed E-state index contributed by atoms with van der Waals surface area (Å²) >= 11 is 0. The summed E-state index contributed by atoms with van der Waals surface area (Å²) in [5, 5.41) is 3.70. The van der Waals surface area contributed by atoms with E-state index in [1.807, 2.05) is 91.1 Å². The van der Waals surface area contributed by atoms with E-state index in [4.69, 9.17) is 9.88 Å². The zero-order valence-corrected chi connectivity index (χ0v) is 12.1. The van der Waals surface area contributed by atoms with Crippen LogP contribution in [0.5, 0.6) is 5.75 Å². The zero-order valence-electron chi connectivity index (χ0n) is 12.1. The Morgan fingerprint density at radius 3 is 1.95 bits per heavy atom. The summed E-state index contributed by atoms with van der Waals surface area (Å²) in [6, 6.07) is 7.57. The first kappa shape index (κ1) is 15.3. The van der Waals surface area contributed by atoms with Gasteiger partial charge in [-0.25, -0.2) is 0 Å². The van der Waals surface area contributed by atoms with Crippen molar-refractivity contribution in [2.45, 2.75) is 0 Å². The molecule has 0 bridgehead atoms. The SMILES string of the molecule is C1=C\C=C/C=N\OOc2ccccc2\C=C/C=C/C=C\C=C/1. The molecule has 0 N–H and O–H groups in total. The summed E-state index contributed by atoms with van der Waals surface area (Å²) in [5.74, 6) is 0.604. The molecule has 22 heavy (non-hydrogen) atoms. The molecule has 0 aromatic heterocycles. The van der Waals surface area contributed by atoms with Crippen molar-refractivity contribution in [1.29, 1.82) is 0 Å². The second-order valence-corrected chi connectivity index (χ2v) is 4.23. The zero-order chi connectivity index (χ0) is 15.3. The summed E-state index contributed by atoms with van der Waals surface area (Å²) in [6.07, 6.45) is 24.5. The standard InChI is InChI=1S/C19H17NO2/c1-2-4-6-8-10-14-18-15-11-12-16-19(18)21-22-20-17-13-9-7-5-3-1/h1-17H/b3-1-,4-2-,7-5-,8-6+,13-9-,14-10-,20-17-. The van der Waals surface area contributed by atoms with Crippen molar-refractivity contribution >= 4 is 12.3 Å². The Morgan fingerprint density at radius 1 is 0.636 bits per heavy atom. The molecule has 0 fully saturated rings. The van der Waals surface area contributed by atoms with Crippen molar-refractivity contribution in [1.82, 2.24) is 0 Å². The van der Waals surface area contributed by atoms with E-state index in [9.17, 15) is 0 Å². The maximum absolute atomic E-state index is 5.18. The van der Waals surface area contributed by atoms with Gasteiger partial charge in [-0.15, -0.1) is 0 Å². The Bertz CT molecular complexity index is 662. The van der Waals surface area contributed by atoms with Crippen molar-refractivity contribution in [2.75, 3.05) is 0 Å². The highest BCUT2D eigenvalue weighted by atomic mass is 17.3. The van der Waals surface area contributed by atoms with Crippen LogP contribution in [0.2, 0.25) is 0 Å². The van der Waals surface area contributed by atoms with Crippen LogP contribution < -0.4 is 4.89 Å². The molecule has 0 amide bonds. The highest BCUT2D eigenvalue weighted by molar-refractivity contribution is 5.70. The maximum Gasteiger partial charge on any atom is 0.188 e. The lowest BCUT2D eigenvalue weighted by Gasteiger charge is -2.02. The maximum atomic E-state index is 5.18. The van der Waals surface area contributed by atoms with E-state index >= 15 is 0 Å². The van der Waals surface area contributed by atoms with Gasteiger partial charge in [0.1, 0.15) is 0 Å². The molecule has 1 aliphatic rings. The van der Waals surface area contributed by atoms with Gasteiger partial charge in [0, 0.05) is 5.56 Å². The smallest absolute Gasteiger partial charge is 0.188 e. The van der Waals surface area contributed by atoms with Crippen LogP contribution in [0.25, 0.3) is 6.08 Å². The number of rotatable bonds is 0. The van der Waals surface area contributed by atoms with Gasteiger partial charge in [-0.05, 0) is 17.3 Å². The van der Waals surface area contributed by atoms with Gasteiger partial charge in [-0.1, -0.05) is 85.0 Å². The second kappa shape index (κ2) is 9.77. The third-order valence-corrected chi connectivity index (χ3v) is 2.62. The van der Waals surface area contributed by atoms with Crippen LogP contribution in [0.4, 0.5) is 0 Å². The molecule has 1 aliphatic heterocycles. The molecule has 0 aliphatic carbocycles. The fourth-order valence-corrected chi connectivity index (χ4v) is 1.60. The first-order chi connectivity index (χ1) is 11.0. The van der Waals surface area contributed by atoms with Gasteiger partial charge in [0.15, 0.2) is 5.75 Å². The Hall–Kier alpha value is -3.07. The Kier molecular flexibility index (Phi) is 6.81. The van der Waals surface area contributed by atoms with Crippen LogP contribution in [-0.4, -0.2) is 6.21 Å². The summed E-state index contributed by atoms with van der Waals surface area (Å²) < 4.78 is 0. The van der Waals surface area contributed by atoms with E-state index in [1.165, 1.54) is 6.21 Å². The molecule has 0 saturated carbocycles.